The fourth-order valence-corrected chi connectivity index (χ4v) is 0.546. The van der Waals surface area contributed by atoms with Crippen LogP contribution >= 0.6 is 0 Å². The minimum absolute atomic E-state index is 0.287. The second kappa shape index (κ2) is 2.09. The first-order chi connectivity index (χ1) is 4.20. The molecule has 0 spiro atoms. The molecule has 0 aliphatic heterocycles. The Morgan fingerprint density at radius 2 is 2.11 bits per heavy atom. The van der Waals surface area contributed by atoms with E-state index in [0.29, 0.717) is 5.46 Å². The Bertz CT molecular complexity index is 224. The van der Waals surface area contributed by atoms with Crippen molar-refractivity contribution < 1.29 is 4.39 Å². The zero-order valence-corrected chi connectivity index (χ0v) is 4.76. The lowest BCUT2D eigenvalue weighted by atomic mass is 9.94. The van der Waals surface area contributed by atoms with E-state index >= 15 is 0 Å². The third-order valence-electron chi connectivity index (χ3n) is 1.05. The first kappa shape index (κ1) is 6.14. The van der Waals surface area contributed by atoms with Crippen molar-refractivity contribution in [3.05, 3.63) is 24.0 Å². The van der Waals surface area contributed by atoms with Crippen molar-refractivity contribution in [2.45, 2.75) is 0 Å². The average molecular weight is 121 g/mol. The van der Waals surface area contributed by atoms with Crippen LogP contribution in [0.5, 0.6) is 0 Å². The molecular weight excluding hydrogens is 116 g/mol. The third-order valence-corrected chi connectivity index (χ3v) is 1.05. The zero-order valence-electron chi connectivity index (χ0n) is 4.76. The Kier molecular flexibility index (Phi) is 1.43. The fraction of sp³-hybridized carbons (Fsp3) is 0. The Balaban J connectivity index is 3.17. The molecule has 0 bridgehead atoms. The van der Waals surface area contributed by atoms with E-state index in [-0.39, 0.29) is 11.5 Å². The molecule has 44 valence electrons. The predicted molar refractivity (Wildman–Crippen MR) is 36.2 cm³/mol. The molecule has 0 saturated heterocycles. The summed E-state index contributed by atoms with van der Waals surface area (Å²) < 4.78 is 12.2. The highest BCUT2D eigenvalue weighted by molar-refractivity contribution is 6.35. The lowest BCUT2D eigenvalue weighted by Crippen LogP contribution is -2.08. The number of benzene rings is 1. The fourth-order valence-electron chi connectivity index (χ4n) is 0.546. The van der Waals surface area contributed by atoms with Crippen molar-refractivity contribution in [2.24, 2.45) is 0 Å². The molecule has 0 fully saturated rings. The molecule has 0 amide bonds. The molecule has 3 heteroatoms. The monoisotopic (exact) mass is 121 g/mol. The van der Waals surface area contributed by atoms with Crippen LogP contribution in [0.3, 0.4) is 0 Å². The van der Waals surface area contributed by atoms with Crippen LogP contribution in [0.1, 0.15) is 0 Å². The lowest BCUT2D eigenvalue weighted by molar-refractivity contribution is 0.629. The van der Waals surface area contributed by atoms with Crippen LogP contribution in [0.25, 0.3) is 0 Å². The number of halogens is 1. The van der Waals surface area contributed by atoms with Crippen LogP contribution in [-0.4, -0.2) is 7.85 Å². The van der Waals surface area contributed by atoms with Gasteiger partial charge in [0.1, 0.15) is 13.7 Å². The zero-order chi connectivity index (χ0) is 6.85. The SMILES string of the molecule is [B]c1ccc(F)cc1N. The number of hydrogen-bond donors (Lipinski definition) is 1. The van der Waals surface area contributed by atoms with Gasteiger partial charge in [-0.3, -0.25) is 0 Å². The van der Waals surface area contributed by atoms with Crippen LogP contribution in [0.2, 0.25) is 0 Å². The van der Waals surface area contributed by atoms with Gasteiger partial charge < -0.3 is 5.73 Å². The Hall–Kier alpha value is -0.985. The summed E-state index contributed by atoms with van der Waals surface area (Å²) in [4.78, 5) is 0. The number of nitrogen functional groups attached to an aromatic ring is 1. The number of rotatable bonds is 0. The molecule has 1 aromatic carbocycles. The summed E-state index contributed by atoms with van der Waals surface area (Å²) in [7, 11) is 5.30. The smallest absolute Gasteiger partial charge is 0.125 e. The van der Waals surface area contributed by atoms with Crippen molar-refractivity contribution >= 4 is 19.0 Å². The summed E-state index contributed by atoms with van der Waals surface area (Å²) in [6, 6.07) is 3.89. The molecule has 0 aliphatic carbocycles. The first-order valence-corrected chi connectivity index (χ1v) is 2.50. The lowest BCUT2D eigenvalue weighted by Gasteiger charge is -1.96. The number of anilines is 1. The molecule has 2 radical (unpaired) electrons. The van der Waals surface area contributed by atoms with E-state index in [9.17, 15) is 4.39 Å². The highest BCUT2D eigenvalue weighted by atomic mass is 19.1. The van der Waals surface area contributed by atoms with Gasteiger partial charge in [-0.25, -0.2) is 4.39 Å². The highest BCUT2D eigenvalue weighted by Crippen LogP contribution is 1.99. The van der Waals surface area contributed by atoms with Crippen molar-refractivity contribution in [3.8, 4) is 0 Å². The van der Waals surface area contributed by atoms with Gasteiger partial charge in [-0.2, -0.15) is 0 Å². The predicted octanol–water partition coefficient (Wildman–Crippen LogP) is 0.202. The highest BCUT2D eigenvalue weighted by Gasteiger charge is 1.92. The second-order valence-electron chi connectivity index (χ2n) is 1.77. The molecule has 0 atom stereocenters. The first-order valence-electron chi connectivity index (χ1n) is 2.50. The van der Waals surface area contributed by atoms with Crippen molar-refractivity contribution in [3.63, 3.8) is 0 Å². The maximum atomic E-state index is 12.2. The van der Waals surface area contributed by atoms with Crippen LogP contribution in [0.15, 0.2) is 18.2 Å². The van der Waals surface area contributed by atoms with Crippen LogP contribution in [-0.2, 0) is 0 Å². The molecule has 1 aromatic rings. The van der Waals surface area contributed by atoms with E-state index in [2.05, 4.69) is 0 Å². The summed E-state index contributed by atoms with van der Waals surface area (Å²) >= 11 is 0. The minimum Gasteiger partial charge on any atom is -0.399 e. The van der Waals surface area contributed by atoms with Gasteiger partial charge in [-0.05, 0) is 12.1 Å². The summed E-state index contributed by atoms with van der Waals surface area (Å²) in [5, 5.41) is 0. The van der Waals surface area contributed by atoms with Crippen molar-refractivity contribution in [1.29, 1.82) is 0 Å². The maximum Gasteiger partial charge on any atom is 0.125 e. The van der Waals surface area contributed by atoms with Crippen LogP contribution in [0.4, 0.5) is 10.1 Å². The van der Waals surface area contributed by atoms with Gasteiger partial charge in [0, 0.05) is 5.69 Å². The Morgan fingerprint density at radius 3 is 2.56 bits per heavy atom. The topological polar surface area (TPSA) is 26.0 Å². The van der Waals surface area contributed by atoms with Gasteiger partial charge in [0.05, 0.1) is 0 Å². The number of hydrogen-bond acceptors (Lipinski definition) is 1. The molecule has 0 aromatic heterocycles. The summed E-state index contributed by atoms with van der Waals surface area (Å²) in [6.07, 6.45) is 0. The molecule has 0 saturated carbocycles. The Labute approximate surface area is 54.1 Å². The van der Waals surface area contributed by atoms with Gasteiger partial charge in [-0.1, -0.05) is 11.5 Å². The third kappa shape index (κ3) is 1.22. The van der Waals surface area contributed by atoms with Crippen LogP contribution < -0.4 is 11.2 Å². The molecule has 0 unspecified atom stereocenters. The van der Waals surface area contributed by atoms with E-state index in [1.54, 1.807) is 0 Å². The van der Waals surface area contributed by atoms with E-state index in [1.165, 1.54) is 18.2 Å². The molecule has 1 rings (SSSR count). The van der Waals surface area contributed by atoms with Crippen molar-refractivity contribution in [1.82, 2.24) is 0 Å². The van der Waals surface area contributed by atoms with E-state index < -0.39 is 0 Å². The van der Waals surface area contributed by atoms with Gasteiger partial charge >= 0.3 is 0 Å². The van der Waals surface area contributed by atoms with Gasteiger partial charge in [0.15, 0.2) is 0 Å². The van der Waals surface area contributed by atoms with Gasteiger partial charge in [-0.15, -0.1) is 0 Å². The molecule has 0 aliphatic rings. The molecule has 9 heavy (non-hydrogen) atoms. The molecular formula is C6H5BFN. The largest absolute Gasteiger partial charge is 0.399 e. The molecule has 0 heterocycles. The van der Waals surface area contributed by atoms with E-state index in [4.69, 9.17) is 13.6 Å². The minimum atomic E-state index is -0.360. The van der Waals surface area contributed by atoms with Crippen LogP contribution in [0, 0.1) is 5.82 Å². The summed E-state index contributed by atoms with van der Waals surface area (Å²) in [5.74, 6) is -0.360. The normalized spacial score (nSPS) is 9.44. The van der Waals surface area contributed by atoms with E-state index in [0.717, 1.165) is 0 Å². The standard InChI is InChI=1S/C6H5BFN/c7-5-2-1-4(8)3-6(5)9/h1-3H,9H2. The van der Waals surface area contributed by atoms with E-state index in [1.807, 2.05) is 0 Å². The molecule has 2 N–H and O–H groups in total. The van der Waals surface area contributed by atoms with Gasteiger partial charge in [0.2, 0.25) is 0 Å². The van der Waals surface area contributed by atoms with Gasteiger partial charge in [0.25, 0.3) is 0 Å². The molecule has 1 nitrogen and oxygen atoms in total. The second-order valence-corrected chi connectivity index (χ2v) is 1.77. The summed E-state index contributed by atoms with van der Waals surface area (Å²) in [6.45, 7) is 0. The van der Waals surface area contributed by atoms with Crippen molar-refractivity contribution in [2.75, 3.05) is 5.73 Å². The Morgan fingerprint density at radius 1 is 1.44 bits per heavy atom. The summed E-state index contributed by atoms with van der Waals surface area (Å²) in [5.41, 5.74) is 5.96. The quantitative estimate of drug-likeness (QED) is 0.385. The average Bonchev–Trinajstić information content (AvgIpc) is 1.80. The maximum absolute atomic E-state index is 12.2. The number of nitrogens with two attached hydrogens (primary N) is 1.